The predicted molar refractivity (Wildman–Crippen MR) is 185 cm³/mol. The van der Waals surface area contributed by atoms with Gasteiger partial charge in [-0.3, -0.25) is 0 Å². The van der Waals surface area contributed by atoms with Crippen LogP contribution in [0.25, 0.3) is 0 Å². The third-order valence-corrected chi connectivity index (χ3v) is 8.54. The van der Waals surface area contributed by atoms with E-state index in [1.807, 2.05) is 97.1 Å². The first-order valence-electron chi connectivity index (χ1n) is 16.4. The molecule has 10 nitrogen and oxygen atoms in total. The number of carbonyl (C=O) groups is 1. The molecule has 5 rings (SSSR count). The van der Waals surface area contributed by atoms with Gasteiger partial charge in [-0.1, -0.05) is 54.6 Å². The number of benzene rings is 4. The summed E-state index contributed by atoms with van der Waals surface area (Å²) in [5, 5.41) is 10.0. The van der Waals surface area contributed by atoms with Gasteiger partial charge in [-0.2, -0.15) is 0 Å². The van der Waals surface area contributed by atoms with Crippen molar-refractivity contribution in [1.29, 1.82) is 0 Å². The minimum absolute atomic E-state index is 0.214. The van der Waals surface area contributed by atoms with Gasteiger partial charge in [0.25, 0.3) is 0 Å². The molecular weight excluding hydrogens is 626 g/mol. The number of hydrogen-bond donors (Lipinski definition) is 1. The minimum atomic E-state index is -1.01. The van der Waals surface area contributed by atoms with E-state index in [4.69, 9.17) is 33.2 Å². The van der Waals surface area contributed by atoms with Gasteiger partial charge in [0.05, 0.1) is 79.7 Å². The van der Waals surface area contributed by atoms with E-state index in [2.05, 4.69) is 0 Å². The average Bonchev–Trinajstić information content (AvgIpc) is 3.15. The van der Waals surface area contributed by atoms with Crippen LogP contribution in [0.1, 0.15) is 34.6 Å². The zero-order valence-electron chi connectivity index (χ0n) is 28.3. The molecule has 10 heteroatoms. The number of carboxylic acid groups (broad SMARTS) is 1. The third-order valence-electron chi connectivity index (χ3n) is 8.54. The predicted octanol–water partition coefficient (Wildman–Crippen LogP) is 6.95. The number of likely N-dealkylation sites (tertiary alicyclic amines) is 1. The molecule has 1 heterocycles. The molecule has 1 unspecified atom stereocenters. The highest BCUT2D eigenvalue weighted by molar-refractivity contribution is 5.65. The molecule has 260 valence electrons. The van der Waals surface area contributed by atoms with E-state index in [0.29, 0.717) is 33.0 Å². The molecule has 1 aliphatic rings. The minimum Gasteiger partial charge on any atom is -0.497 e. The first-order valence-corrected chi connectivity index (χ1v) is 16.4. The lowest BCUT2D eigenvalue weighted by Crippen LogP contribution is -2.54. The van der Waals surface area contributed by atoms with Crippen molar-refractivity contribution in [2.24, 2.45) is 0 Å². The molecule has 1 aliphatic heterocycles. The highest BCUT2D eigenvalue weighted by atomic mass is 16.5. The standard InChI is InChI=1S/C39H45NO9/c1-43-32-15-9-28(10-16-32)25-48-36-23-40(39(41)42)24-37(49-26-29-11-17-33(44-2)18-12-29)38(36)30-13-19-34(20-14-30)47-22-6-21-46-27-31-7-4-5-8-35(31)45-3/h4-5,7-20,36-38H,6,21-27H2,1-3H3,(H,41,42)/t36-,37+,38?. The zero-order valence-corrected chi connectivity index (χ0v) is 28.3. The van der Waals surface area contributed by atoms with Crippen LogP contribution in [0.5, 0.6) is 23.0 Å². The Morgan fingerprint density at radius 2 is 1.22 bits per heavy atom. The summed E-state index contributed by atoms with van der Waals surface area (Å²) in [5.74, 6) is 2.83. The second kappa shape index (κ2) is 18.1. The van der Waals surface area contributed by atoms with Gasteiger partial charge >= 0.3 is 6.09 Å². The molecule has 1 fully saturated rings. The topological polar surface area (TPSA) is 105 Å². The van der Waals surface area contributed by atoms with Gasteiger partial charge in [-0.25, -0.2) is 4.79 Å². The number of hydrogen-bond acceptors (Lipinski definition) is 8. The van der Waals surface area contributed by atoms with Crippen molar-refractivity contribution >= 4 is 6.09 Å². The summed E-state index contributed by atoms with van der Waals surface area (Å²) in [6, 6.07) is 31.0. The molecular formula is C39H45NO9. The van der Waals surface area contributed by atoms with Crippen molar-refractivity contribution in [2.45, 2.75) is 44.4 Å². The fourth-order valence-electron chi connectivity index (χ4n) is 5.87. The summed E-state index contributed by atoms with van der Waals surface area (Å²) in [7, 11) is 4.91. The van der Waals surface area contributed by atoms with Gasteiger partial charge in [0, 0.05) is 17.9 Å². The van der Waals surface area contributed by atoms with Crippen LogP contribution >= 0.6 is 0 Å². The van der Waals surface area contributed by atoms with Crippen molar-refractivity contribution < 1.29 is 43.1 Å². The Labute approximate surface area is 288 Å². The molecule has 0 aliphatic carbocycles. The van der Waals surface area contributed by atoms with Crippen molar-refractivity contribution in [2.75, 3.05) is 47.6 Å². The smallest absolute Gasteiger partial charge is 0.407 e. The molecule has 1 N–H and O–H groups in total. The lowest BCUT2D eigenvalue weighted by Gasteiger charge is -2.42. The second-order valence-electron chi connectivity index (χ2n) is 11.7. The number of para-hydroxylation sites is 1. The molecule has 3 atom stereocenters. The van der Waals surface area contributed by atoms with Gasteiger partial charge in [0.2, 0.25) is 0 Å². The second-order valence-corrected chi connectivity index (χ2v) is 11.7. The Kier molecular flexibility index (Phi) is 13.1. The summed E-state index contributed by atoms with van der Waals surface area (Å²) in [6.45, 7) is 2.58. The van der Waals surface area contributed by atoms with Crippen molar-refractivity contribution in [3.8, 4) is 23.0 Å². The monoisotopic (exact) mass is 671 g/mol. The number of ether oxygens (including phenoxy) is 7. The Balaban J connectivity index is 1.25. The first kappa shape index (κ1) is 35.5. The quantitative estimate of drug-likeness (QED) is 0.120. The lowest BCUT2D eigenvalue weighted by atomic mass is 9.84. The number of nitrogens with zero attached hydrogens (tertiary/aromatic N) is 1. The molecule has 0 aromatic heterocycles. The van der Waals surface area contributed by atoms with Gasteiger partial charge in [-0.05, 0) is 59.2 Å². The van der Waals surface area contributed by atoms with E-state index < -0.39 is 18.3 Å². The fraction of sp³-hybridized carbons (Fsp3) is 0.359. The van der Waals surface area contributed by atoms with Crippen LogP contribution in [0.3, 0.4) is 0 Å². The van der Waals surface area contributed by atoms with Gasteiger partial charge in [0.1, 0.15) is 23.0 Å². The Hall–Kier alpha value is -4.77. The Bertz CT molecular complexity index is 1520. The molecule has 0 radical (unpaired) electrons. The Morgan fingerprint density at radius 3 is 1.76 bits per heavy atom. The van der Waals surface area contributed by atoms with Crippen molar-refractivity contribution in [3.05, 3.63) is 119 Å². The number of amides is 1. The Morgan fingerprint density at radius 1 is 0.673 bits per heavy atom. The average molecular weight is 672 g/mol. The van der Waals surface area contributed by atoms with Crippen LogP contribution in [-0.4, -0.2) is 75.9 Å². The third kappa shape index (κ3) is 10.1. The molecule has 0 bridgehead atoms. The summed E-state index contributed by atoms with van der Waals surface area (Å²) in [6.07, 6.45) is -1.20. The first-order chi connectivity index (χ1) is 24.0. The summed E-state index contributed by atoms with van der Waals surface area (Å²) >= 11 is 0. The summed E-state index contributed by atoms with van der Waals surface area (Å²) in [5.41, 5.74) is 3.90. The normalized spacial score (nSPS) is 17.4. The maximum absolute atomic E-state index is 12.2. The summed E-state index contributed by atoms with van der Waals surface area (Å²) in [4.78, 5) is 13.6. The highest BCUT2D eigenvalue weighted by Gasteiger charge is 2.41. The van der Waals surface area contributed by atoms with Gasteiger partial charge in [-0.15, -0.1) is 0 Å². The molecule has 4 aromatic carbocycles. The molecule has 49 heavy (non-hydrogen) atoms. The van der Waals surface area contributed by atoms with E-state index in [-0.39, 0.29) is 19.0 Å². The maximum atomic E-state index is 12.2. The van der Waals surface area contributed by atoms with Gasteiger partial charge < -0.3 is 43.2 Å². The van der Waals surface area contributed by atoms with E-state index in [0.717, 1.165) is 51.7 Å². The largest absolute Gasteiger partial charge is 0.497 e. The zero-order chi connectivity index (χ0) is 34.4. The number of piperidine rings is 1. The van der Waals surface area contributed by atoms with Gasteiger partial charge in [0.15, 0.2) is 0 Å². The van der Waals surface area contributed by atoms with E-state index in [9.17, 15) is 9.90 Å². The maximum Gasteiger partial charge on any atom is 0.407 e. The number of rotatable bonds is 17. The van der Waals surface area contributed by atoms with E-state index in [1.165, 1.54) is 4.90 Å². The van der Waals surface area contributed by atoms with Crippen molar-refractivity contribution in [1.82, 2.24) is 4.90 Å². The molecule has 1 saturated heterocycles. The van der Waals surface area contributed by atoms with Crippen LogP contribution in [0.15, 0.2) is 97.1 Å². The number of methoxy groups -OCH3 is 3. The van der Waals surface area contributed by atoms with Crippen LogP contribution < -0.4 is 18.9 Å². The molecule has 4 aromatic rings. The van der Waals surface area contributed by atoms with Crippen molar-refractivity contribution in [3.63, 3.8) is 0 Å². The molecule has 0 spiro atoms. The molecule has 1 amide bonds. The summed E-state index contributed by atoms with van der Waals surface area (Å²) < 4.78 is 40.8. The van der Waals surface area contributed by atoms with Crippen LogP contribution in [-0.2, 0) is 34.0 Å². The van der Waals surface area contributed by atoms with E-state index >= 15 is 0 Å². The van der Waals surface area contributed by atoms with E-state index in [1.54, 1.807) is 21.3 Å². The fourth-order valence-corrected chi connectivity index (χ4v) is 5.87. The lowest BCUT2D eigenvalue weighted by molar-refractivity contribution is -0.0937. The van der Waals surface area contributed by atoms with Crippen LogP contribution in [0.4, 0.5) is 4.79 Å². The SMILES string of the molecule is COc1ccc(CO[C@H]2CN(C(=O)O)C[C@@H](OCc3ccc(OC)cc3)C2c2ccc(OCCCOCc3ccccc3OC)cc2)cc1. The highest BCUT2D eigenvalue weighted by Crippen LogP contribution is 2.35. The molecule has 0 saturated carbocycles. The van der Waals surface area contributed by atoms with Crippen LogP contribution in [0.2, 0.25) is 0 Å². The van der Waals surface area contributed by atoms with Crippen LogP contribution in [0, 0.1) is 0 Å².